The van der Waals surface area contributed by atoms with Gasteiger partial charge in [0.2, 0.25) is 5.91 Å². The lowest BCUT2D eigenvalue weighted by atomic mass is 10.2. The molecule has 1 unspecified atom stereocenters. The van der Waals surface area contributed by atoms with Crippen LogP contribution in [0.3, 0.4) is 0 Å². The number of benzene rings is 1. The van der Waals surface area contributed by atoms with E-state index in [1.165, 1.54) is 0 Å². The van der Waals surface area contributed by atoms with Crippen molar-refractivity contribution in [2.75, 3.05) is 33.8 Å². The molecule has 0 saturated carbocycles. The van der Waals surface area contributed by atoms with Crippen molar-refractivity contribution in [3.63, 3.8) is 0 Å². The average Bonchev–Trinajstić information content (AvgIpc) is 2.99. The monoisotopic (exact) mass is 301 g/mol. The smallest absolute Gasteiger partial charge is 0.239 e. The molecule has 0 aromatic heterocycles. The molecule has 0 aliphatic carbocycles. The summed E-state index contributed by atoms with van der Waals surface area (Å²) in [5.74, 6) is 0.979. The van der Waals surface area contributed by atoms with Crippen LogP contribution in [0.5, 0.6) is 5.75 Å². The molecule has 1 aliphatic heterocycles. The number of likely N-dealkylation sites (N-methyl/N-ethyl adjacent to an activating group) is 1. The Kier molecular flexibility index (Phi) is 5.79. The molecule has 118 valence electrons. The van der Waals surface area contributed by atoms with Gasteiger partial charge in [0.05, 0.1) is 24.3 Å². The molecule has 1 amide bonds. The lowest BCUT2D eigenvalue weighted by molar-refractivity contribution is -0.133. The van der Waals surface area contributed by atoms with Gasteiger partial charge in [-0.2, -0.15) is 5.26 Å². The second kappa shape index (κ2) is 7.81. The van der Waals surface area contributed by atoms with Crippen LogP contribution >= 0.6 is 0 Å². The minimum atomic E-state index is 0.0323. The normalized spacial score (nSPS) is 18.0. The molecule has 0 radical (unpaired) electrons. The van der Waals surface area contributed by atoms with E-state index in [0.717, 1.165) is 38.1 Å². The molecule has 5 nitrogen and oxygen atoms in total. The summed E-state index contributed by atoms with van der Waals surface area (Å²) in [7, 11) is 3.62. The van der Waals surface area contributed by atoms with Gasteiger partial charge in [-0.05, 0) is 50.1 Å². The Labute approximate surface area is 132 Å². The van der Waals surface area contributed by atoms with E-state index in [2.05, 4.69) is 11.0 Å². The third-order valence-electron chi connectivity index (χ3n) is 3.93. The van der Waals surface area contributed by atoms with E-state index in [1.54, 1.807) is 17.0 Å². The third kappa shape index (κ3) is 4.22. The Bertz CT molecular complexity index is 534. The highest BCUT2D eigenvalue weighted by Crippen LogP contribution is 2.19. The van der Waals surface area contributed by atoms with Crippen molar-refractivity contribution < 1.29 is 9.53 Å². The van der Waals surface area contributed by atoms with Crippen LogP contribution in [0.15, 0.2) is 24.3 Å². The van der Waals surface area contributed by atoms with Crippen LogP contribution in [0.25, 0.3) is 0 Å². The van der Waals surface area contributed by atoms with E-state index in [-0.39, 0.29) is 11.9 Å². The van der Waals surface area contributed by atoms with Gasteiger partial charge in [-0.3, -0.25) is 9.69 Å². The van der Waals surface area contributed by atoms with Crippen LogP contribution < -0.4 is 4.74 Å². The first kappa shape index (κ1) is 16.3. The number of nitriles is 1. The Morgan fingerprint density at radius 3 is 2.77 bits per heavy atom. The third-order valence-corrected chi connectivity index (χ3v) is 3.93. The number of hydrogen-bond donors (Lipinski definition) is 0. The van der Waals surface area contributed by atoms with Crippen molar-refractivity contribution in [1.29, 1.82) is 5.26 Å². The van der Waals surface area contributed by atoms with Crippen molar-refractivity contribution in [2.24, 2.45) is 0 Å². The van der Waals surface area contributed by atoms with Crippen LogP contribution in [0, 0.1) is 11.3 Å². The first-order chi connectivity index (χ1) is 10.6. The summed E-state index contributed by atoms with van der Waals surface area (Å²) in [5, 5.41) is 8.75. The highest BCUT2D eigenvalue weighted by molar-refractivity contribution is 5.81. The zero-order chi connectivity index (χ0) is 15.9. The molecule has 1 aromatic carbocycles. The summed E-state index contributed by atoms with van der Waals surface area (Å²) in [5.41, 5.74) is 0.634. The highest BCUT2D eigenvalue weighted by atomic mass is 16.5. The Balaban J connectivity index is 1.73. The quantitative estimate of drug-likeness (QED) is 0.753. The summed E-state index contributed by atoms with van der Waals surface area (Å²) in [4.78, 5) is 16.0. The number of nitrogens with zero attached hydrogens (tertiary/aromatic N) is 3. The first-order valence-electron chi connectivity index (χ1n) is 7.70. The second-order valence-electron chi connectivity index (χ2n) is 5.76. The van der Waals surface area contributed by atoms with Gasteiger partial charge < -0.3 is 9.64 Å². The fraction of sp³-hybridized carbons (Fsp3) is 0.529. The molecule has 1 atom stereocenters. The number of likely N-dealkylation sites (tertiary alicyclic amines) is 1. The van der Waals surface area contributed by atoms with E-state index in [0.29, 0.717) is 12.2 Å². The topological polar surface area (TPSA) is 56.6 Å². The summed E-state index contributed by atoms with van der Waals surface area (Å²) >= 11 is 0. The van der Waals surface area contributed by atoms with E-state index < -0.39 is 0 Å². The molecular weight excluding hydrogens is 278 g/mol. The number of hydrogen-bond acceptors (Lipinski definition) is 4. The van der Waals surface area contributed by atoms with Crippen molar-refractivity contribution in [1.82, 2.24) is 9.80 Å². The molecular formula is C17H23N3O2. The molecule has 1 heterocycles. The number of carbonyl (C=O) groups is 1. The van der Waals surface area contributed by atoms with Gasteiger partial charge in [-0.25, -0.2) is 0 Å². The van der Waals surface area contributed by atoms with Crippen LogP contribution in [0.1, 0.15) is 24.8 Å². The molecule has 1 fully saturated rings. The molecule has 22 heavy (non-hydrogen) atoms. The minimum Gasteiger partial charge on any atom is -0.494 e. The van der Waals surface area contributed by atoms with Crippen molar-refractivity contribution in [2.45, 2.75) is 25.3 Å². The maximum absolute atomic E-state index is 12.1. The zero-order valence-corrected chi connectivity index (χ0v) is 13.3. The summed E-state index contributed by atoms with van der Waals surface area (Å²) in [6.45, 7) is 2.48. The van der Waals surface area contributed by atoms with Crippen LogP contribution in [0.2, 0.25) is 0 Å². The van der Waals surface area contributed by atoms with Crippen molar-refractivity contribution in [3.8, 4) is 11.8 Å². The largest absolute Gasteiger partial charge is 0.494 e. The number of carbonyl (C=O) groups excluding carboxylic acids is 1. The van der Waals surface area contributed by atoms with Crippen molar-refractivity contribution in [3.05, 3.63) is 29.8 Å². The van der Waals surface area contributed by atoms with Crippen LogP contribution in [-0.2, 0) is 4.79 Å². The summed E-state index contributed by atoms with van der Waals surface area (Å²) in [6.07, 6.45) is 2.92. The SMILES string of the molecule is CN(C)C(=O)C1CCCN1CCCOc1ccc(C#N)cc1. The Hall–Kier alpha value is -2.06. The predicted molar refractivity (Wildman–Crippen MR) is 84.6 cm³/mol. The fourth-order valence-electron chi connectivity index (χ4n) is 2.75. The average molecular weight is 301 g/mol. The minimum absolute atomic E-state index is 0.0323. The molecule has 5 heteroatoms. The molecule has 1 aromatic rings. The van der Waals surface area contributed by atoms with E-state index in [1.807, 2.05) is 26.2 Å². The Morgan fingerprint density at radius 1 is 1.41 bits per heavy atom. The molecule has 2 rings (SSSR count). The second-order valence-corrected chi connectivity index (χ2v) is 5.76. The molecule has 1 aliphatic rings. The van der Waals surface area contributed by atoms with Crippen LogP contribution in [0.4, 0.5) is 0 Å². The van der Waals surface area contributed by atoms with Crippen LogP contribution in [-0.4, -0.2) is 55.5 Å². The molecule has 0 spiro atoms. The van der Waals surface area contributed by atoms with Gasteiger partial charge in [0, 0.05) is 20.6 Å². The van der Waals surface area contributed by atoms with E-state index in [9.17, 15) is 4.79 Å². The first-order valence-corrected chi connectivity index (χ1v) is 7.70. The number of ether oxygens (including phenoxy) is 1. The lowest BCUT2D eigenvalue weighted by Gasteiger charge is -2.25. The van der Waals surface area contributed by atoms with Gasteiger partial charge in [0.1, 0.15) is 5.75 Å². The molecule has 0 N–H and O–H groups in total. The Morgan fingerprint density at radius 2 is 2.14 bits per heavy atom. The lowest BCUT2D eigenvalue weighted by Crippen LogP contribution is -2.43. The molecule has 1 saturated heterocycles. The summed E-state index contributed by atoms with van der Waals surface area (Å²) in [6, 6.07) is 9.24. The maximum atomic E-state index is 12.1. The van der Waals surface area contributed by atoms with E-state index in [4.69, 9.17) is 10.00 Å². The van der Waals surface area contributed by atoms with E-state index >= 15 is 0 Å². The van der Waals surface area contributed by atoms with Gasteiger partial charge in [0.25, 0.3) is 0 Å². The molecule has 0 bridgehead atoms. The fourth-order valence-corrected chi connectivity index (χ4v) is 2.75. The van der Waals surface area contributed by atoms with Gasteiger partial charge in [-0.15, -0.1) is 0 Å². The predicted octanol–water partition coefficient (Wildman–Crippen LogP) is 1.88. The number of rotatable bonds is 6. The maximum Gasteiger partial charge on any atom is 0.239 e. The zero-order valence-electron chi connectivity index (χ0n) is 13.3. The van der Waals surface area contributed by atoms with Gasteiger partial charge in [-0.1, -0.05) is 0 Å². The summed E-state index contributed by atoms with van der Waals surface area (Å²) < 4.78 is 5.68. The van der Waals surface area contributed by atoms with Gasteiger partial charge in [0.15, 0.2) is 0 Å². The standard InChI is InChI=1S/C17H23N3O2/c1-19(2)17(21)16-5-3-10-20(16)11-4-12-22-15-8-6-14(13-18)7-9-15/h6-9,16H,3-5,10-12H2,1-2H3. The van der Waals surface area contributed by atoms with Crippen molar-refractivity contribution >= 4 is 5.91 Å². The highest BCUT2D eigenvalue weighted by Gasteiger charge is 2.30. The van der Waals surface area contributed by atoms with Gasteiger partial charge >= 0.3 is 0 Å². The number of amides is 1.